The van der Waals surface area contributed by atoms with Crippen molar-refractivity contribution < 1.29 is 4.74 Å². The number of nitrogens with zero attached hydrogens (tertiary/aromatic N) is 2. The molecule has 3 N–H and O–H groups in total. The molecule has 0 spiro atoms. The zero-order valence-corrected chi connectivity index (χ0v) is 17.0. The first-order valence-corrected chi connectivity index (χ1v) is 8.25. The van der Waals surface area contributed by atoms with Crippen molar-refractivity contribution >= 4 is 40.7 Å². The van der Waals surface area contributed by atoms with Crippen LogP contribution in [0.15, 0.2) is 65.8 Å². The number of fused-ring (bicyclic) bond motifs is 1. The predicted molar refractivity (Wildman–Crippen MR) is 117 cm³/mol. The maximum Gasteiger partial charge on any atom is 0.188 e. The summed E-state index contributed by atoms with van der Waals surface area (Å²) in [5.74, 6) is 1.31. The third kappa shape index (κ3) is 5.59. The van der Waals surface area contributed by atoms with Crippen molar-refractivity contribution in [1.82, 2.24) is 10.3 Å². The second-order valence-corrected chi connectivity index (χ2v) is 5.75. The van der Waals surface area contributed by atoms with E-state index < -0.39 is 0 Å². The van der Waals surface area contributed by atoms with Gasteiger partial charge in [0.15, 0.2) is 5.96 Å². The number of benzene rings is 2. The maximum absolute atomic E-state index is 5.94. The van der Waals surface area contributed by atoms with Crippen molar-refractivity contribution in [1.29, 1.82) is 0 Å². The maximum atomic E-state index is 5.94. The minimum Gasteiger partial charge on any atom is -0.497 e. The average Bonchev–Trinajstić information content (AvgIpc) is 2.66. The van der Waals surface area contributed by atoms with E-state index >= 15 is 0 Å². The van der Waals surface area contributed by atoms with Crippen molar-refractivity contribution in [3.05, 3.63) is 72.1 Å². The number of guanidine groups is 1. The monoisotopic (exact) mass is 462 g/mol. The third-order valence-corrected chi connectivity index (χ3v) is 3.96. The van der Waals surface area contributed by atoms with Crippen molar-refractivity contribution in [3.8, 4) is 5.75 Å². The quantitative estimate of drug-likeness (QED) is 0.334. The van der Waals surface area contributed by atoms with Gasteiger partial charge in [0.2, 0.25) is 0 Å². The molecule has 0 aliphatic carbocycles. The van der Waals surface area contributed by atoms with Gasteiger partial charge in [-0.25, -0.2) is 4.99 Å². The number of methoxy groups -OCH3 is 1. The summed E-state index contributed by atoms with van der Waals surface area (Å²) in [4.78, 5) is 8.69. The molecule has 0 amide bonds. The number of nitrogens with one attached hydrogen (secondary N) is 1. The summed E-state index contributed by atoms with van der Waals surface area (Å²) < 4.78 is 5.25. The minimum atomic E-state index is 0. The van der Waals surface area contributed by atoms with Crippen LogP contribution in [0.1, 0.15) is 11.3 Å². The molecule has 3 rings (SSSR count). The molecule has 0 radical (unpaired) electrons. The average molecular weight is 462 g/mol. The molecule has 0 aliphatic heterocycles. The topological polar surface area (TPSA) is 72.5 Å². The highest BCUT2D eigenvalue weighted by atomic mass is 127. The lowest BCUT2D eigenvalue weighted by molar-refractivity contribution is 0.415. The molecule has 2 aromatic carbocycles. The van der Waals surface area contributed by atoms with Crippen molar-refractivity contribution in [3.63, 3.8) is 0 Å². The largest absolute Gasteiger partial charge is 0.497 e. The van der Waals surface area contributed by atoms with Crippen molar-refractivity contribution in [2.24, 2.45) is 10.7 Å². The van der Waals surface area contributed by atoms with Crippen LogP contribution in [-0.2, 0) is 13.0 Å². The number of aromatic nitrogens is 1. The normalized spacial score (nSPS) is 11.0. The number of aliphatic imine (C=N–C) groups is 1. The summed E-state index contributed by atoms with van der Waals surface area (Å²) in [6.45, 7) is 1.26. The van der Waals surface area contributed by atoms with E-state index in [1.54, 1.807) is 13.3 Å². The highest BCUT2D eigenvalue weighted by Gasteiger charge is 2.00. The number of halogens is 1. The van der Waals surface area contributed by atoms with E-state index in [1.165, 1.54) is 0 Å². The van der Waals surface area contributed by atoms with Crippen LogP contribution in [0.2, 0.25) is 0 Å². The molecular weight excluding hydrogens is 439 g/mol. The van der Waals surface area contributed by atoms with Crippen LogP contribution in [0.5, 0.6) is 5.75 Å². The Balaban J connectivity index is 0.00000243. The van der Waals surface area contributed by atoms with Gasteiger partial charge in [-0.15, -0.1) is 24.0 Å². The van der Waals surface area contributed by atoms with Crippen LogP contribution in [-0.4, -0.2) is 24.6 Å². The number of rotatable bonds is 6. The SMILES string of the molecule is COc1ccc2cc(CN=C(N)NCCc3ccccn3)ccc2c1.I. The molecule has 0 saturated heterocycles. The molecule has 0 unspecified atom stereocenters. The molecular formula is C20H23IN4O. The van der Waals surface area contributed by atoms with Crippen LogP contribution in [0, 0.1) is 0 Å². The van der Waals surface area contributed by atoms with Gasteiger partial charge in [0.05, 0.1) is 13.7 Å². The minimum absolute atomic E-state index is 0. The molecule has 1 aromatic heterocycles. The Bertz CT molecular complexity index is 868. The number of hydrogen-bond donors (Lipinski definition) is 2. The van der Waals surface area contributed by atoms with Gasteiger partial charge in [0, 0.05) is 24.9 Å². The van der Waals surface area contributed by atoms with E-state index in [4.69, 9.17) is 10.5 Å². The molecule has 0 atom stereocenters. The number of hydrogen-bond acceptors (Lipinski definition) is 3. The van der Waals surface area contributed by atoms with Crippen LogP contribution < -0.4 is 15.8 Å². The zero-order chi connectivity index (χ0) is 17.5. The summed E-state index contributed by atoms with van der Waals surface area (Å²) in [6.07, 6.45) is 2.61. The predicted octanol–water partition coefficient (Wildman–Crippen LogP) is 3.51. The Morgan fingerprint density at radius 1 is 1.12 bits per heavy atom. The molecule has 3 aromatic rings. The fourth-order valence-corrected chi connectivity index (χ4v) is 2.60. The summed E-state index contributed by atoms with van der Waals surface area (Å²) in [6, 6.07) is 18.2. The molecule has 26 heavy (non-hydrogen) atoms. The molecule has 1 heterocycles. The van der Waals surface area contributed by atoms with Gasteiger partial charge in [-0.1, -0.05) is 24.3 Å². The summed E-state index contributed by atoms with van der Waals surface area (Å²) in [5, 5.41) is 5.43. The van der Waals surface area contributed by atoms with E-state index in [9.17, 15) is 0 Å². The number of nitrogens with two attached hydrogens (primary N) is 1. The summed E-state index contributed by atoms with van der Waals surface area (Å²) in [7, 11) is 1.67. The Kier molecular flexibility index (Phi) is 7.65. The van der Waals surface area contributed by atoms with Crippen LogP contribution >= 0.6 is 24.0 Å². The van der Waals surface area contributed by atoms with Crippen molar-refractivity contribution in [2.75, 3.05) is 13.7 Å². The highest BCUT2D eigenvalue weighted by molar-refractivity contribution is 14.0. The smallest absolute Gasteiger partial charge is 0.188 e. The van der Waals surface area contributed by atoms with Crippen molar-refractivity contribution in [2.45, 2.75) is 13.0 Å². The first kappa shape index (κ1) is 20.0. The molecule has 5 nitrogen and oxygen atoms in total. The first-order valence-electron chi connectivity index (χ1n) is 8.25. The van der Waals surface area contributed by atoms with Gasteiger partial charge in [-0.2, -0.15) is 0 Å². The standard InChI is InChI=1S/C20H22N4O.HI/c1-25-19-8-7-16-12-15(5-6-17(16)13-19)14-24-20(21)23-11-9-18-4-2-3-10-22-18;/h2-8,10,12-13H,9,11,14H2,1H3,(H3,21,23,24);1H. The van der Waals surface area contributed by atoms with E-state index in [0.717, 1.165) is 34.2 Å². The lowest BCUT2D eigenvalue weighted by atomic mass is 10.1. The van der Waals surface area contributed by atoms with E-state index in [2.05, 4.69) is 39.6 Å². The lowest BCUT2D eigenvalue weighted by Crippen LogP contribution is -2.33. The zero-order valence-electron chi connectivity index (χ0n) is 14.7. The van der Waals surface area contributed by atoms with E-state index in [1.807, 2.05) is 30.3 Å². The molecule has 0 saturated carbocycles. The van der Waals surface area contributed by atoms with Gasteiger partial charge in [0.1, 0.15) is 5.75 Å². The van der Waals surface area contributed by atoms with Crippen LogP contribution in [0.4, 0.5) is 0 Å². The second kappa shape index (κ2) is 9.96. The van der Waals surface area contributed by atoms with Crippen LogP contribution in [0.3, 0.4) is 0 Å². The Morgan fingerprint density at radius 2 is 1.92 bits per heavy atom. The summed E-state index contributed by atoms with van der Waals surface area (Å²) in [5.41, 5.74) is 8.09. The Morgan fingerprint density at radius 3 is 2.69 bits per heavy atom. The van der Waals surface area contributed by atoms with E-state index in [-0.39, 0.29) is 24.0 Å². The van der Waals surface area contributed by atoms with Crippen LogP contribution in [0.25, 0.3) is 10.8 Å². The van der Waals surface area contributed by atoms with Gasteiger partial charge in [-0.3, -0.25) is 4.98 Å². The van der Waals surface area contributed by atoms with Gasteiger partial charge < -0.3 is 15.8 Å². The molecule has 6 heteroatoms. The number of pyridine rings is 1. The molecule has 136 valence electrons. The lowest BCUT2D eigenvalue weighted by Gasteiger charge is -2.07. The number of ether oxygens (including phenoxy) is 1. The summed E-state index contributed by atoms with van der Waals surface area (Å²) >= 11 is 0. The highest BCUT2D eigenvalue weighted by Crippen LogP contribution is 2.22. The second-order valence-electron chi connectivity index (χ2n) is 5.75. The van der Waals surface area contributed by atoms with Gasteiger partial charge in [0.25, 0.3) is 0 Å². The molecule has 0 fully saturated rings. The third-order valence-electron chi connectivity index (χ3n) is 3.96. The van der Waals surface area contributed by atoms with Gasteiger partial charge in [-0.05, 0) is 46.7 Å². The molecule has 0 aliphatic rings. The fourth-order valence-electron chi connectivity index (χ4n) is 2.60. The molecule has 0 bridgehead atoms. The fraction of sp³-hybridized carbons (Fsp3) is 0.200. The Labute approximate surface area is 170 Å². The van der Waals surface area contributed by atoms with E-state index in [0.29, 0.717) is 19.0 Å². The Hall–Kier alpha value is -2.35. The first-order chi connectivity index (χ1) is 12.2. The van der Waals surface area contributed by atoms with Gasteiger partial charge >= 0.3 is 0 Å².